The summed E-state index contributed by atoms with van der Waals surface area (Å²) in [5.41, 5.74) is 1.06. The van der Waals surface area contributed by atoms with Crippen LogP contribution in [0.4, 0.5) is 0 Å². The van der Waals surface area contributed by atoms with Crippen molar-refractivity contribution in [2.24, 2.45) is 0 Å². The van der Waals surface area contributed by atoms with Gasteiger partial charge < -0.3 is 4.74 Å². The summed E-state index contributed by atoms with van der Waals surface area (Å²) in [4.78, 5) is 12.0. The van der Waals surface area contributed by atoms with Crippen molar-refractivity contribution in [3.05, 3.63) is 27.7 Å². The number of carbonyl (C=O) groups excluding carboxylic acids is 1. The SMILES string of the molecule is COC(=O)c1ccc(C2CCCCC2)c(S(C)(=O)=O)c1Br. The maximum absolute atomic E-state index is 12.2. The van der Waals surface area contributed by atoms with Crippen LogP contribution in [0.2, 0.25) is 0 Å². The van der Waals surface area contributed by atoms with Crippen LogP contribution in [0.3, 0.4) is 0 Å². The van der Waals surface area contributed by atoms with Crippen molar-refractivity contribution >= 4 is 31.7 Å². The second-order valence-corrected chi connectivity index (χ2v) is 8.19. The first kappa shape index (κ1) is 16.5. The van der Waals surface area contributed by atoms with Crippen LogP contribution < -0.4 is 0 Å². The van der Waals surface area contributed by atoms with Gasteiger partial charge in [0.2, 0.25) is 0 Å². The van der Waals surface area contributed by atoms with Gasteiger partial charge in [-0.15, -0.1) is 0 Å². The van der Waals surface area contributed by atoms with Gasteiger partial charge in [0.25, 0.3) is 0 Å². The zero-order chi connectivity index (χ0) is 15.6. The number of esters is 1. The number of methoxy groups -OCH3 is 1. The fourth-order valence-corrected chi connectivity index (χ4v) is 5.45. The van der Waals surface area contributed by atoms with Crippen LogP contribution >= 0.6 is 15.9 Å². The number of benzene rings is 1. The molecule has 116 valence electrons. The van der Waals surface area contributed by atoms with Crippen LogP contribution in [-0.2, 0) is 14.6 Å². The Morgan fingerprint density at radius 1 is 1.24 bits per heavy atom. The Balaban J connectivity index is 2.61. The second-order valence-electron chi connectivity index (χ2n) is 5.44. The van der Waals surface area contributed by atoms with Crippen LogP contribution in [0.5, 0.6) is 0 Å². The third-order valence-electron chi connectivity index (χ3n) is 3.95. The van der Waals surface area contributed by atoms with Crippen LogP contribution in [0.1, 0.15) is 53.9 Å². The van der Waals surface area contributed by atoms with Gasteiger partial charge in [-0.1, -0.05) is 25.3 Å². The average Bonchev–Trinajstić information content (AvgIpc) is 2.45. The minimum absolute atomic E-state index is 0.234. The van der Waals surface area contributed by atoms with Crippen LogP contribution in [0.15, 0.2) is 21.5 Å². The van der Waals surface area contributed by atoms with Gasteiger partial charge >= 0.3 is 5.97 Å². The molecule has 21 heavy (non-hydrogen) atoms. The lowest BCUT2D eigenvalue weighted by molar-refractivity contribution is 0.0599. The van der Waals surface area contributed by atoms with E-state index in [1.807, 2.05) is 0 Å². The minimum Gasteiger partial charge on any atom is -0.465 e. The van der Waals surface area contributed by atoms with E-state index in [1.54, 1.807) is 12.1 Å². The van der Waals surface area contributed by atoms with E-state index >= 15 is 0 Å². The third kappa shape index (κ3) is 3.48. The molecule has 1 aliphatic rings. The van der Waals surface area contributed by atoms with E-state index in [1.165, 1.54) is 19.8 Å². The van der Waals surface area contributed by atoms with Gasteiger partial charge in [0, 0.05) is 6.26 Å². The summed E-state index contributed by atoms with van der Waals surface area (Å²) >= 11 is 3.30. The molecule has 1 aromatic carbocycles. The van der Waals surface area contributed by atoms with Crippen molar-refractivity contribution in [3.8, 4) is 0 Å². The molecule has 6 heteroatoms. The predicted octanol–water partition coefficient (Wildman–Crippen LogP) is 3.69. The first-order valence-corrected chi connectivity index (χ1v) is 9.65. The van der Waals surface area contributed by atoms with E-state index in [4.69, 9.17) is 4.74 Å². The van der Waals surface area contributed by atoms with E-state index in [-0.39, 0.29) is 16.4 Å². The molecule has 1 aromatic rings. The molecule has 0 aromatic heterocycles. The highest BCUT2D eigenvalue weighted by Crippen LogP contribution is 2.40. The number of carbonyl (C=O) groups is 1. The van der Waals surface area contributed by atoms with Crippen molar-refractivity contribution in [2.45, 2.75) is 42.9 Å². The number of ether oxygens (including phenoxy) is 1. The topological polar surface area (TPSA) is 60.4 Å². The molecular formula is C15H19BrO4S. The lowest BCUT2D eigenvalue weighted by Gasteiger charge is -2.25. The van der Waals surface area contributed by atoms with Gasteiger partial charge in [-0.3, -0.25) is 0 Å². The van der Waals surface area contributed by atoms with E-state index in [0.717, 1.165) is 31.2 Å². The van der Waals surface area contributed by atoms with Gasteiger partial charge in [0.1, 0.15) is 0 Å². The van der Waals surface area contributed by atoms with Crippen molar-refractivity contribution < 1.29 is 17.9 Å². The summed E-state index contributed by atoms with van der Waals surface area (Å²) in [5, 5.41) is 0. The maximum atomic E-state index is 12.2. The molecular weight excluding hydrogens is 356 g/mol. The number of sulfone groups is 1. The standard InChI is InChI=1S/C15H19BrO4S/c1-20-15(17)12-9-8-11(10-6-4-3-5-7-10)14(13(12)16)21(2,18)19/h8-10H,3-7H2,1-2H3. The fourth-order valence-electron chi connectivity index (χ4n) is 2.95. The van der Waals surface area contributed by atoms with Gasteiger partial charge in [-0.2, -0.15) is 0 Å². The summed E-state index contributed by atoms with van der Waals surface area (Å²) < 4.78 is 29.4. The molecule has 0 amide bonds. The molecule has 0 spiro atoms. The van der Waals surface area contributed by atoms with Crippen molar-refractivity contribution in [3.63, 3.8) is 0 Å². The molecule has 0 unspecified atom stereocenters. The highest BCUT2D eigenvalue weighted by molar-refractivity contribution is 9.10. The number of hydrogen-bond acceptors (Lipinski definition) is 4. The first-order chi connectivity index (χ1) is 9.86. The highest BCUT2D eigenvalue weighted by Gasteiger charge is 2.27. The summed E-state index contributed by atoms with van der Waals surface area (Å²) in [6, 6.07) is 3.41. The molecule has 0 bridgehead atoms. The van der Waals surface area contributed by atoms with Crippen LogP contribution in [0, 0.1) is 0 Å². The van der Waals surface area contributed by atoms with Gasteiger partial charge in [0.15, 0.2) is 9.84 Å². The van der Waals surface area contributed by atoms with Gasteiger partial charge in [-0.25, -0.2) is 13.2 Å². The first-order valence-electron chi connectivity index (χ1n) is 6.97. The summed E-state index contributed by atoms with van der Waals surface area (Å²) in [6.07, 6.45) is 6.60. The molecule has 2 rings (SSSR count). The maximum Gasteiger partial charge on any atom is 0.339 e. The Labute approximate surface area is 133 Å². The Bertz CT molecular complexity index is 646. The van der Waals surface area contributed by atoms with Crippen molar-refractivity contribution in [1.29, 1.82) is 0 Å². The zero-order valence-electron chi connectivity index (χ0n) is 12.2. The third-order valence-corrected chi connectivity index (χ3v) is 6.22. The lowest BCUT2D eigenvalue weighted by Crippen LogP contribution is -2.14. The molecule has 0 atom stereocenters. The molecule has 1 saturated carbocycles. The fraction of sp³-hybridized carbons (Fsp3) is 0.533. The molecule has 0 heterocycles. The van der Waals surface area contributed by atoms with E-state index in [9.17, 15) is 13.2 Å². The van der Waals surface area contributed by atoms with Gasteiger partial charge in [0.05, 0.1) is 22.0 Å². The molecule has 4 nitrogen and oxygen atoms in total. The smallest absolute Gasteiger partial charge is 0.339 e. The van der Waals surface area contributed by atoms with E-state index in [2.05, 4.69) is 15.9 Å². The Morgan fingerprint density at radius 2 is 1.86 bits per heavy atom. The number of hydrogen-bond donors (Lipinski definition) is 0. The second kappa shape index (κ2) is 6.48. The summed E-state index contributed by atoms with van der Waals surface area (Å²) in [7, 11) is -2.15. The molecule has 0 aliphatic heterocycles. The number of halogens is 1. The zero-order valence-corrected chi connectivity index (χ0v) is 14.6. The minimum atomic E-state index is -3.43. The quantitative estimate of drug-likeness (QED) is 0.756. The molecule has 1 fully saturated rings. The normalized spacial score (nSPS) is 16.7. The van der Waals surface area contributed by atoms with E-state index in [0.29, 0.717) is 4.47 Å². The highest BCUT2D eigenvalue weighted by atomic mass is 79.9. The molecule has 0 N–H and O–H groups in total. The molecule has 1 aliphatic carbocycles. The van der Waals surface area contributed by atoms with Gasteiger partial charge in [-0.05, 0) is 46.3 Å². The largest absolute Gasteiger partial charge is 0.465 e. The Hall–Kier alpha value is -0.880. The Kier molecular flexibility index (Phi) is 5.09. The van der Waals surface area contributed by atoms with E-state index < -0.39 is 15.8 Å². The van der Waals surface area contributed by atoms with Crippen molar-refractivity contribution in [2.75, 3.05) is 13.4 Å². The van der Waals surface area contributed by atoms with Crippen LogP contribution in [-0.4, -0.2) is 27.8 Å². The monoisotopic (exact) mass is 374 g/mol. The average molecular weight is 375 g/mol. The lowest BCUT2D eigenvalue weighted by atomic mass is 9.84. The summed E-state index contributed by atoms with van der Waals surface area (Å²) in [5.74, 6) is -0.298. The molecule has 0 saturated heterocycles. The predicted molar refractivity (Wildman–Crippen MR) is 84.4 cm³/mol. The summed E-state index contributed by atoms with van der Waals surface area (Å²) in [6.45, 7) is 0. The Morgan fingerprint density at radius 3 is 2.38 bits per heavy atom. The van der Waals surface area contributed by atoms with Crippen LogP contribution in [0.25, 0.3) is 0 Å². The van der Waals surface area contributed by atoms with Crippen molar-refractivity contribution in [1.82, 2.24) is 0 Å². The molecule has 0 radical (unpaired) electrons. The number of rotatable bonds is 3.